The lowest BCUT2D eigenvalue weighted by Crippen LogP contribution is -2.32. The van der Waals surface area contributed by atoms with Crippen molar-refractivity contribution in [1.29, 1.82) is 0 Å². The summed E-state index contributed by atoms with van der Waals surface area (Å²) in [7, 11) is 1.24. The highest BCUT2D eigenvalue weighted by atomic mass is 32.1. The Morgan fingerprint density at radius 1 is 1.26 bits per heavy atom. The molecule has 8 heteroatoms. The van der Waals surface area contributed by atoms with Crippen LogP contribution in [0.2, 0.25) is 0 Å². The molecule has 1 fully saturated rings. The Bertz CT molecular complexity index is 713. The fourth-order valence-corrected chi connectivity index (χ4v) is 3.39. The zero-order valence-corrected chi connectivity index (χ0v) is 13.4. The molecule has 0 aliphatic heterocycles. The van der Waals surface area contributed by atoms with Crippen molar-refractivity contribution in [2.45, 2.75) is 18.3 Å². The van der Waals surface area contributed by atoms with Crippen LogP contribution in [0, 0.1) is 0 Å². The molecule has 1 aliphatic carbocycles. The molecule has 0 radical (unpaired) electrons. The first-order chi connectivity index (χ1) is 11.1. The largest absolute Gasteiger partial charge is 0.453 e. The highest BCUT2D eigenvalue weighted by molar-refractivity contribution is 7.15. The van der Waals surface area contributed by atoms with Crippen molar-refractivity contribution < 1.29 is 14.3 Å². The minimum absolute atomic E-state index is 0.0633. The van der Waals surface area contributed by atoms with Crippen molar-refractivity contribution in [3.05, 3.63) is 40.9 Å². The Balaban J connectivity index is 1.65. The van der Waals surface area contributed by atoms with Crippen LogP contribution in [-0.4, -0.2) is 35.9 Å². The summed E-state index contributed by atoms with van der Waals surface area (Å²) in [5.41, 5.74) is 1.16. The molecule has 0 unspecified atom stereocenters. The topological polar surface area (TPSA) is 93.2 Å². The monoisotopic (exact) mass is 332 g/mol. The van der Waals surface area contributed by atoms with Gasteiger partial charge in [0.1, 0.15) is 11.6 Å². The summed E-state index contributed by atoms with van der Waals surface area (Å²) in [4.78, 5) is 22.7. The van der Waals surface area contributed by atoms with Gasteiger partial charge in [0.15, 0.2) is 0 Å². The number of nitrogens with one attached hydrogen (secondary N) is 2. The Morgan fingerprint density at radius 3 is 2.65 bits per heavy atom. The Morgan fingerprint density at radius 2 is 2.00 bits per heavy atom. The first kappa shape index (κ1) is 15.4. The van der Waals surface area contributed by atoms with Crippen molar-refractivity contribution in [1.82, 2.24) is 15.5 Å². The number of alkyl carbamates (subject to hydrolysis) is 1. The number of rotatable bonds is 5. The van der Waals surface area contributed by atoms with Gasteiger partial charge in [-0.25, -0.2) is 4.79 Å². The van der Waals surface area contributed by atoms with E-state index in [0.717, 1.165) is 17.8 Å². The molecule has 7 nitrogen and oxygen atoms in total. The molecule has 23 heavy (non-hydrogen) atoms. The van der Waals surface area contributed by atoms with Gasteiger partial charge in [-0.1, -0.05) is 41.7 Å². The van der Waals surface area contributed by atoms with Crippen LogP contribution in [0.3, 0.4) is 0 Å². The second-order valence-electron chi connectivity index (χ2n) is 5.25. The normalized spacial score (nSPS) is 14.8. The van der Waals surface area contributed by atoms with Gasteiger partial charge in [-0.05, 0) is 18.4 Å². The van der Waals surface area contributed by atoms with Gasteiger partial charge in [0.05, 0.1) is 7.11 Å². The smallest absolute Gasteiger partial charge is 0.407 e. The Kier molecular flexibility index (Phi) is 4.24. The van der Waals surface area contributed by atoms with Crippen LogP contribution in [0.15, 0.2) is 30.3 Å². The number of ether oxygens (including phenoxy) is 1. The lowest BCUT2D eigenvalue weighted by Gasteiger charge is -2.11. The predicted molar refractivity (Wildman–Crippen MR) is 85.4 cm³/mol. The van der Waals surface area contributed by atoms with Crippen LogP contribution in [-0.2, 0) is 14.9 Å². The van der Waals surface area contributed by atoms with Gasteiger partial charge >= 0.3 is 6.09 Å². The van der Waals surface area contributed by atoms with E-state index in [0.29, 0.717) is 5.13 Å². The number of benzene rings is 1. The third kappa shape index (κ3) is 3.31. The molecular formula is C15H16N4O3S. The van der Waals surface area contributed by atoms with Gasteiger partial charge in [-0.2, -0.15) is 0 Å². The third-order valence-electron chi connectivity index (χ3n) is 3.74. The van der Waals surface area contributed by atoms with Gasteiger partial charge in [0.25, 0.3) is 0 Å². The average molecular weight is 332 g/mol. The summed E-state index contributed by atoms with van der Waals surface area (Å²) >= 11 is 1.37. The van der Waals surface area contributed by atoms with Crippen LogP contribution in [0.1, 0.15) is 23.4 Å². The van der Waals surface area contributed by atoms with E-state index >= 15 is 0 Å². The number of carbonyl (C=O) groups excluding carboxylic acids is 2. The van der Waals surface area contributed by atoms with Crippen molar-refractivity contribution >= 4 is 28.5 Å². The minimum atomic E-state index is -0.654. The summed E-state index contributed by atoms with van der Waals surface area (Å²) in [5, 5.41) is 14.5. The zero-order chi connectivity index (χ0) is 16.3. The fraction of sp³-hybridized carbons (Fsp3) is 0.333. The molecule has 1 saturated carbocycles. The van der Waals surface area contributed by atoms with E-state index in [1.807, 2.05) is 18.2 Å². The number of hydrogen-bond donors (Lipinski definition) is 2. The summed E-state index contributed by atoms with van der Waals surface area (Å²) in [6.07, 6.45) is 1.41. The zero-order valence-electron chi connectivity index (χ0n) is 12.5. The molecule has 0 bridgehead atoms. The number of amides is 2. The van der Waals surface area contributed by atoms with E-state index in [1.54, 1.807) is 0 Å². The summed E-state index contributed by atoms with van der Waals surface area (Å²) < 4.78 is 4.40. The number of methoxy groups -OCH3 is 1. The fourth-order valence-electron chi connectivity index (χ4n) is 2.36. The first-order valence-corrected chi connectivity index (χ1v) is 7.97. The first-order valence-electron chi connectivity index (χ1n) is 7.15. The molecule has 1 heterocycles. The Labute approximate surface area is 137 Å². The average Bonchev–Trinajstić information content (AvgIpc) is 3.27. The quantitative estimate of drug-likeness (QED) is 0.872. The summed E-state index contributed by atoms with van der Waals surface area (Å²) in [6, 6.07) is 10.2. The van der Waals surface area contributed by atoms with Gasteiger partial charge in [-0.15, -0.1) is 10.2 Å². The second-order valence-corrected chi connectivity index (χ2v) is 6.23. The molecule has 1 aromatic carbocycles. The number of carbonyl (C=O) groups is 2. The highest BCUT2D eigenvalue weighted by Gasteiger charge is 2.48. The maximum absolute atomic E-state index is 11.7. The van der Waals surface area contributed by atoms with Gasteiger partial charge < -0.3 is 10.1 Å². The number of hydrogen-bond acceptors (Lipinski definition) is 6. The molecule has 2 aromatic rings. The number of nitrogens with zero attached hydrogens (tertiary/aromatic N) is 2. The lowest BCUT2D eigenvalue weighted by molar-refractivity contribution is -0.115. The highest BCUT2D eigenvalue weighted by Crippen LogP contribution is 2.54. The van der Waals surface area contributed by atoms with Crippen molar-refractivity contribution in [3.8, 4) is 0 Å². The van der Waals surface area contributed by atoms with Crippen LogP contribution in [0.25, 0.3) is 0 Å². The lowest BCUT2D eigenvalue weighted by atomic mass is 9.97. The predicted octanol–water partition coefficient (Wildman–Crippen LogP) is 1.91. The minimum Gasteiger partial charge on any atom is -0.453 e. The van der Waals surface area contributed by atoms with Crippen molar-refractivity contribution in [3.63, 3.8) is 0 Å². The molecule has 0 saturated heterocycles. The van der Waals surface area contributed by atoms with E-state index in [9.17, 15) is 9.59 Å². The summed E-state index contributed by atoms with van der Waals surface area (Å²) in [5.74, 6) is -0.373. The van der Waals surface area contributed by atoms with Gasteiger partial charge in [0.2, 0.25) is 11.0 Å². The molecule has 120 valence electrons. The van der Waals surface area contributed by atoms with E-state index in [4.69, 9.17) is 0 Å². The van der Waals surface area contributed by atoms with Gasteiger partial charge in [-0.3, -0.25) is 10.1 Å². The second kappa shape index (κ2) is 6.33. The molecule has 2 amide bonds. The molecule has 3 rings (SSSR count). The standard InChI is InChI=1S/C15H16N4O3S/c1-22-14(21)16-9-11(20)17-13-19-18-12(23-13)15(7-8-15)10-5-3-2-4-6-10/h2-6H,7-9H2,1H3,(H,16,21)(H,17,19,20). The molecule has 1 aliphatic rings. The van der Waals surface area contributed by atoms with E-state index in [-0.39, 0.29) is 17.9 Å². The van der Waals surface area contributed by atoms with Crippen LogP contribution < -0.4 is 10.6 Å². The van der Waals surface area contributed by atoms with E-state index in [1.165, 1.54) is 24.0 Å². The molecule has 0 atom stereocenters. The SMILES string of the molecule is COC(=O)NCC(=O)Nc1nnc(C2(c3ccccc3)CC2)s1. The molecule has 1 aromatic heterocycles. The maximum Gasteiger partial charge on any atom is 0.407 e. The van der Waals surface area contributed by atoms with Crippen LogP contribution in [0.5, 0.6) is 0 Å². The molecule has 0 spiro atoms. The number of aromatic nitrogens is 2. The molecule has 2 N–H and O–H groups in total. The van der Waals surface area contributed by atoms with E-state index in [2.05, 4.69) is 37.7 Å². The van der Waals surface area contributed by atoms with Crippen LogP contribution in [0.4, 0.5) is 9.93 Å². The Hall–Kier alpha value is -2.48. The van der Waals surface area contributed by atoms with Gasteiger partial charge in [0, 0.05) is 5.41 Å². The summed E-state index contributed by atoms with van der Waals surface area (Å²) in [6.45, 7) is -0.175. The number of anilines is 1. The van der Waals surface area contributed by atoms with Crippen molar-refractivity contribution in [2.75, 3.05) is 19.0 Å². The maximum atomic E-state index is 11.7. The van der Waals surface area contributed by atoms with Crippen molar-refractivity contribution in [2.24, 2.45) is 0 Å². The van der Waals surface area contributed by atoms with E-state index < -0.39 is 6.09 Å². The molecular weight excluding hydrogens is 316 g/mol. The van der Waals surface area contributed by atoms with Crippen LogP contribution >= 0.6 is 11.3 Å². The third-order valence-corrected chi connectivity index (χ3v) is 4.78.